The van der Waals surface area contributed by atoms with Gasteiger partial charge in [-0.1, -0.05) is 36.4 Å². The lowest BCUT2D eigenvalue weighted by Crippen LogP contribution is -2.55. The number of hydrazine groups is 1. The lowest BCUT2D eigenvalue weighted by Gasteiger charge is -2.36. The average molecular weight is 487 g/mol. The molecule has 0 bridgehead atoms. The van der Waals surface area contributed by atoms with E-state index < -0.39 is 30.2 Å². The largest absolute Gasteiger partial charge is 0.494 e. The summed E-state index contributed by atoms with van der Waals surface area (Å²) in [5, 5.41) is 4.21. The van der Waals surface area contributed by atoms with Gasteiger partial charge in [0.25, 0.3) is 5.91 Å². The fourth-order valence-electron chi connectivity index (χ4n) is 4.68. The number of carbonyl (C=O) groups excluding carboxylic acids is 1. The second kappa shape index (κ2) is 8.58. The van der Waals surface area contributed by atoms with Crippen LogP contribution in [-0.2, 0) is 4.79 Å². The van der Waals surface area contributed by atoms with Gasteiger partial charge in [-0.05, 0) is 31.8 Å². The summed E-state index contributed by atoms with van der Waals surface area (Å²) in [6.07, 6.45) is -5.55. The number of likely N-dealkylation sites (N-methyl/N-ethyl adjacent to an activating group) is 1. The number of para-hydroxylation sites is 1. The number of carbonyl (C=O) groups is 1. The third-order valence-corrected chi connectivity index (χ3v) is 6.14. The number of ether oxygens (including phenoxy) is 1. The van der Waals surface area contributed by atoms with Gasteiger partial charge in [0.1, 0.15) is 23.5 Å². The smallest absolute Gasteiger partial charge is 0.406 e. The number of benzene rings is 2. The highest BCUT2D eigenvalue weighted by Gasteiger charge is 2.58. The molecular weight excluding hydrogens is 463 g/mol. The molecule has 0 spiro atoms. The molecule has 3 heterocycles. The molecule has 2 aromatic carbocycles. The Morgan fingerprint density at radius 1 is 1.14 bits per heavy atom. The monoisotopic (exact) mass is 487 g/mol. The number of oxazole rings is 1. The van der Waals surface area contributed by atoms with Crippen molar-refractivity contribution in [3.05, 3.63) is 65.7 Å². The third kappa shape index (κ3) is 4.00. The van der Waals surface area contributed by atoms with E-state index >= 15 is 0 Å². The highest BCUT2D eigenvalue weighted by atomic mass is 19.4. The van der Waals surface area contributed by atoms with Crippen molar-refractivity contribution in [1.82, 2.24) is 25.6 Å². The van der Waals surface area contributed by atoms with Gasteiger partial charge in [0.2, 0.25) is 5.89 Å². The molecular formula is C24H24F3N5O3. The molecule has 3 aromatic rings. The molecule has 184 valence electrons. The van der Waals surface area contributed by atoms with Crippen LogP contribution in [0.15, 0.2) is 58.6 Å². The van der Waals surface area contributed by atoms with Crippen LogP contribution in [0.4, 0.5) is 13.2 Å². The molecule has 0 aliphatic carbocycles. The number of alkyl halides is 3. The number of aromatic nitrogens is 1. The van der Waals surface area contributed by atoms with Gasteiger partial charge in [-0.2, -0.15) is 13.2 Å². The minimum Gasteiger partial charge on any atom is -0.494 e. The molecule has 1 amide bonds. The van der Waals surface area contributed by atoms with Gasteiger partial charge in [0, 0.05) is 12.2 Å². The number of nitrogens with zero attached hydrogens (tertiary/aromatic N) is 3. The van der Waals surface area contributed by atoms with E-state index in [2.05, 4.69) is 15.7 Å². The summed E-state index contributed by atoms with van der Waals surface area (Å²) in [4.78, 5) is 20.0. The summed E-state index contributed by atoms with van der Waals surface area (Å²) in [5.74, 6) is -1.25. The van der Waals surface area contributed by atoms with E-state index in [0.717, 1.165) is 5.01 Å². The fraction of sp³-hybridized carbons (Fsp3) is 0.333. The predicted molar refractivity (Wildman–Crippen MR) is 122 cm³/mol. The molecule has 1 fully saturated rings. The Morgan fingerprint density at radius 2 is 1.89 bits per heavy atom. The number of methoxy groups -OCH3 is 1. The van der Waals surface area contributed by atoms with Gasteiger partial charge in [-0.3, -0.25) is 4.79 Å². The normalized spacial score (nSPS) is 22.7. The van der Waals surface area contributed by atoms with Crippen LogP contribution < -0.4 is 15.5 Å². The first-order chi connectivity index (χ1) is 16.7. The molecule has 2 aliphatic rings. The van der Waals surface area contributed by atoms with Crippen LogP contribution in [0.5, 0.6) is 5.75 Å². The summed E-state index contributed by atoms with van der Waals surface area (Å²) in [5.41, 5.74) is 4.19. The molecule has 3 atom stereocenters. The van der Waals surface area contributed by atoms with Crippen molar-refractivity contribution in [3.63, 3.8) is 0 Å². The second-order valence-corrected chi connectivity index (χ2v) is 8.77. The molecule has 11 heteroatoms. The van der Waals surface area contributed by atoms with E-state index in [1.165, 1.54) is 7.11 Å². The minimum atomic E-state index is -4.59. The number of halogens is 3. The summed E-state index contributed by atoms with van der Waals surface area (Å²) >= 11 is 0. The van der Waals surface area contributed by atoms with Crippen molar-refractivity contribution in [3.8, 4) is 5.75 Å². The van der Waals surface area contributed by atoms with E-state index in [9.17, 15) is 18.0 Å². The Balaban J connectivity index is 1.64. The van der Waals surface area contributed by atoms with E-state index in [0.29, 0.717) is 28.1 Å². The zero-order chi connectivity index (χ0) is 24.9. The van der Waals surface area contributed by atoms with E-state index in [-0.39, 0.29) is 18.0 Å². The lowest BCUT2D eigenvalue weighted by atomic mass is 9.89. The maximum absolute atomic E-state index is 14.1. The van der Waals surface area contributed by atoms with Gasteiger partial charge < -0.3 is 19.4 Å². The quantitative estimate of drug-likeness (QED) is 0.572. The highest BCUT2D eigenvalue weighted by Crippen LogP contribution is 2.43. The summed E-state index contributed by atoms with van der Waals surface area (Å²) in [6, 6.07) is 11.5. The summed E-state index contributed by atoms with van der Waals surface area (Å²) < 4.78 is 53.6. The molecule has 0 radical (unpaired) electrons. The van der Waals surface area contributed by atoms with Crippen LogP contribution in [0.3, 0.4) is 0 Å². The second-order valence-electron chi connectivity index (χ2n) is 8.77. The van der Waals surface area contributed by atoms with Crippen molar-refractivity contribution in [2.45, 2.75) is 24.3 Å². The number of nitrogens with one attached hydrogen (secondary N) is 2. The van der Waals surface area contributed by atoms with Crippen LogP contribution in [-0.4, -0.2) is 66.9 Å². The van der Waals surface area contributed by atoms with Gasteiger partial charge in [0.05, 0.1) is 13.0 Å². The lowest BCUT2D eigenvalue weighted by molar-refractivity contribution is -0.161. The van der Waals surface area contributed by atoms with Crippen molar-refractivity contribution < 1.29 is 27.1 Å². The number of hydrogen-bond donors (Lipinski definition) is 2. The third-order valence-electron chi connectivity index (χ3n) is 6.14. The Bertz CT molecular complexity index is 1290. The Morgan fingerprint density at radius 3 is 2.54 bits per heavy atom. The summed E-state index contributed by atoms with van der Waals surface area (Å²) in [6.45, 7) is 0.263. The van der Waals surface area contributed by atoms with Crippen LogP contribution >= 0.6 is 0 Å². The first-order valence-corrected chi connectivity index (χ1v) is 11.0. The SMILES string of the molecule is COc1cccc2oc(C3=C(CN(C)C)NC4C(c5ccccc5)C(C(F)(F)F)NN4C3=O)nc12. The molecule has 35 heavy (non-hydrogen) atoms. The molecule has 1 aromatic heterocycles. The molecule has 8 nitrogen and oxygen atoms in total. The standard InChI is InChI=1S/C24H24F3N5O3/c1-31(2)12-14-18(22-29-19-15(34-3)10-7-11-16(19)35-22)23(33)32-21(28-14)17(13-8-5-4-6-9-13)20(30-32)24(25,26)27/h4-11,17,20-21,28,30H,12H2,1-3H3. The topological polar surface area (TPSA) is 82.9 Å². The highest BCUT2D eigenvalue weighted by molar-refractivity contribution is 6.20. The molecule has 5 rings (SSSR count). The molecule has 2 N–H and O–H groups in total. The Hall–Kier alpha value is -3.57. The minimum absolute atomic E-state index is 0.00539. The Labute approximate surface area is 199 Å². The van der Waals surface area contributed by atoms with Crippen LogP contribution in [0, 0.1) is 0 Å². The van der Waals surface area contributed by atoms with Crippen molar-refractivity contribution in [2.24, 2.45) is 0 Å². The van der Waals surface area contributed by atoms with E-state index in [4.69, 9.17) is 9.15 Å². The summed E-state index contributed by atoms with van der Waals surface area (Å²) in [7, 11) is 5.10. The van der Waals surface area contributed by atoms with Crippen LogP contribution in [0.2, 0.25) is 0 Å². The zero-order valence-electron chi connectivity index (χ0n) is 19.3. The van der Waals surface area contributed by atoms with E-state index in [1.807, 2.05) is 4.90 Å². The fourth-order valence-corrected chi connectivity index (χ4v) is 4.68. The first kappa shape index (κ1) is 23.2. The average Bonchev–Trinajstić information content (AvgIpc) is 3.41. The van der Waals surface area contributed by atoms with Gasteiger partial charge >= 0.3 is 6.18 Å². The predicted octanol–water partition coefficient (Wildman–Crippen LogP) is 3.10. The van der Waals surface area contributed by atoms with Crippen LogP contribution in [0.25, 0.3) is 16.7 Å². The number of hydrogen-bond acceptors (Lipinski definition) is 7. The number of rotatable bonds is 5. The molecule has 2 aliphatic heterocycles. The Kier molecular flexibility index (Phi) is 5.68. The van der Waals surface area contributed by atoms with Gasteiger partial charge in [0.15, 0.2) is 11.1 Å². The number of amides is 1. The molecule has 3 unspecified atom stereocenters. The van der Waals surface area contributed by atoms with Crippen molar-refractivity contribution in [1.29, 1.82) is 0 Å². The molecule has 1 saturated heterocycles. The zero-order valence-corrected chi connectivity index (χ0v) is 19.3. The van der Waals surface area contributed by atoms with Gasteiger partial charge in [-0.25, -0.2) is 15.4 Å². The first-order valence-electron chi connectivity index (χ1n) is 11.0. The van der Waals surface area contributed by atoms with E-state index in [1.54, 1.807) is 62.6 Å². The van der Waals surface area contributed by atoms with Gasteiger partial charge in [-0.15, -0.1) is 0 Å². The number of fused-ring (bicyclic) bond motifs is 2. The maximum atomic E-state index is 14.1. The van der Waals surface area contributed by atoms with Crippen LogP contribution in [0.1, 0.15) is 17.4 Å². The van der Waals surface area contributed by atoms with Crippen molar-refractivity contribution in [2.75, 3.05) is 27.7 Å². The molecule has 0 saturated carbocycles. The van der Waals surface area contributed by atoms with Crippen molar-refractivity contribution >= 4 is 22.6 Å². The maximum Gasteiger partial charge on any atom is 0.406 e.